The first-order chi connectivity index (χ1) is 18.6. The van der Waals surface area contributed by atoms with Crippen LogP contribution in [0.25, 0.3) is 55.8 Å². The van der Waals surface area contributed by atoms with Gasteiger partial charge in [0.25, 0.3) is 0 Å². The standard InChI is InChI=1S/C29H24FN7O/c1-2-3-11-25(38)33-19-12-17(14-31-16-19)18-13-22-27(36-37-28(22)32-15-18)29-34-24-10-6-8-21(26(24)35-29)20-7-4-5-9-23(20)30/h4-10,12-16H,2-3,11H2,1H3,(H,33,38)(H,34,35)(H,32,36,37). The number of anilines is 1. The van der Waals surface area contributed by atoms with E-state index in [1.165, 1.54) is 6.07 Å². The molecule has 4 heterocycles. The number of carbonyl (C=O) groups is 1. The molecular formula is C29H24FN7O. The number of amides is 1. The molecule has 0 radical (unpaired) electrons. The van der Waals surface area contributed by atoms with Gasteiger partial charge in [0.1, 0.15) is 11.5 Å². The highest BCUT2D eigenvalue weighted by Gasteiger charge is 2.17. The first-order valence-corrected chi connectivity index (χ1v) is 12.4. The molecule has 0 saturated heterocycles. The normalized spacial score (nSPS) is 11.3. The van der Waals surface area contributed by atoms with Crippen LogP contribution < -0.4 is 5.32 Å². The molecule has 6 rings (SSSR count). The first kappa shape index (κ1) is 23.5. The fourth-order valence-corrected chi connectivity index (χ4v) is 4.51. The van der Waals surface area contributed by atoms with Crippen LogP contribution in [-0.2, 0) is 4.79 Å². The van der Waals surface area contributed by atoms with E-state index in [1.807, 2.05) is 30.3 Å². The van der Waals surface area contributed by atoms with Crippen LogP contribution in [0.5, 0.6) is 0 Å². The second-order valence-corrected chi connectivity index (χ2v) is 9.07. The molecule has 1 amide bonds. The van der Waals surface area contributed by atoms with E-state index < -0.39 is 0 Å². The van der Waals surface area contributed by atoms with E-state index >= 15 is 0 Å². The van der Waals surface area contributed by atoms with E-state index in [0.29, 0.717) is 45.9 Å². The van der Waals surface area contributed by atoms with Gasteiger partial charge in [-0.3, -0.25) is 14.9 Å². The fourth-order valence-electron chi connectivity index (χ4n) is 4.51. The molecule has 0 bridgehead atoms. The van der Waals surface area contributed by atoms with Crippen molar-refractivity contribution in [1.82, 2.24) is 30.1 Å². The Labute approximate surface area is 217 Å². The Bertz CT molecular complexity index is 1790. The van der Waals surface area contributed by atoms with E-state index in [9.17, 15) is 9.18 Å². The third-order valence-electron chi connectivity index (χ3n) is 6.43. The van der Waals surface area contributed by atoms with Crippen molar-refractivity contribution in [2.24, 2.45) is 0 Å². The number of benzene rings is 2. The number of hydrogen-bond acceptors (Lipinski definition) is 5. The van der Waals surface area contributed by atoms with Gasteiger partial charge >= 0.3 is 0 Å². The monoisotopic (exact) mass is 505 g/mol. The van der Waals surface area contributed by atoms with Crippen LogP contribution in [0.2, 0.25) is 0 Å². The summed E-state index contributed by atoms with van der Waals surface area (Å²) in [4.78, 5) is 29.1. The summed E-state index contributed by atoms with van der Waals surface area (Å²) in [6, 6.07) is 16.1. The van der Waals surface area contributed by atoms with Crippen molar-refractivity contribution in [3.8, 4) is 33.8 Å². The van der Waals surface area contributed by atoms with Crippen LogP contribution in [0.15, 0.2) is 73.2 Å². The maximum absolute atomic E-state index is 14.6. The summed E-state index contributed by atoms with van der Waals surface area (Å²) in [5.41, 5.74) is 6.09. The Morgan fingerprint density at radius 3 is 2.71 bits per heavy atom. The number of imidazole rings is 1. The minimum Gasteiger partial charge on any atom is -0.337 e. The Morgan fingerprint density at radius 2 is 1.84 bits per heavy atom. The molecule has 0 spiro atoms. The number of nitrogens with zero attached hydrogens (tertiary/aromatic N) is 4. The van der Waals surface area contributed by atoms with Gasteiger partial charge in [0.05, 0.1) is 28.3 Å². The summed E-state index contributed by atoms with van der Waals surface area (Å²) in [5, 5.41) is 11.1. The summed E-state index contributed by atoms with van der Waals surface area (Å²) >= 11 is 0. The van der Waals surface area contributed by atoms with Crippen molar-refractivity contribution in [1.29, 1.82) is 0 Å². The Balaban J connectivity index is 1.38. The summed E-state index contributed by atoms with van der Waals surface area (Å²) in [6.07, 6.45) is 7.37. The Hall–Kier alpha value is -4.92. The first-order valence-electron chi connectivity index (χ1n) is 12.4. The zero-order valence-corrected chi connectivity index (χ0v) is 20.6. The zero-order chi connectivity index (χ0) is 26.1. The summed E-state index contributed by atoms with van der Waals surface area (Å²) in [5.74, 6) is 0.209. The number of rotatable bonds is 7. The molecule has 0 aliphatic carbocycles. The number of para-hydroxylation sites is 1. The average molecular weight is 506 g/mol. The second kappa shape index (κ2) is 9.85. The molecule has 0 fully saturated rings. The number of fused-ring (bicyclic) bond motifs is 2. The van der Waals surface area contributed by atoms with E-state index in [-0.39, 0.29) is 11.7 Å². The summed E-state index contributed by atoms with van der Waals surface area (Å²) < 4.78 is 14.6. The number of H-pyrrole nitrogens is 2. The highest BCUT2D eigenvalue weighted by Crippen LogP contribution is 2.33. The molecule has 38 heavy (non-hydrogen) atoms. The number of halogens is 1. The van der Waals surface area contributed by atoms with Gasteiger partial charge in [0, 0.05) is 41.1 Å². The van der Waals surface area contributed by atoms with Crippen LogP contribution in [0.1, 0.15) is 26.2 Å². The lowest BCUT2D eigenvalue weighted by Gasteiger charge is -2.07. The lowest BCUT2D eigenvalue weighted by molar-refractivity contribution is -0.116. The van der Waals surface area contributed by atoms with Gasteiger partial charge in [-0.25, -0.2) is 14.4 Å². The number of aromatic nitrogens is 6. The fraction of sp³-hybridized carbons (Fsp3) is 0.138. The van der Waals surface area contributed by atoms with Crippen molar-refractivity contribution in [3.63, 3.8) is 0 Å². The van der Waals surface area contributed by atoms with Crippen LogP contribution >= 0.6 is 0 Å². The predicted molar refractivity (Wildman–Crippen MR) is 146 cm³/mol. The molecular weight excluding hydrogens is 481 g/mol. The van der Waals surface area contributed by atoms with Crippen molar-refractivity contribution in [2.75, 3.05) is 5.32 Å². The van der Waals surface area contributed by atoms with E-state index in [4.69, 9.17) is 4.98 Å². The van der Waals surface area contributed by atoms with Crippen LogP contribution in [-0.4, -0.2) is 36.0 Å². The molecule has 0 unspecified atom stereocenters. The number of unbranched alkanes of at least 4 members (excludes halogenated alkanes) is 1. The second-order valence-electron chi connectivity index (χ2n) is 9.07. The van der Waals surface area contributed by atoms with Gasteiger partial charge in [-0.05, 0) is 30.7 Å². The number of pyridine rings is 2. The van der Waals surface area contributed by atoms with Crippen molar-refractivity contribution < 1.29 is 9.18 Å². The van der Waals surface area contributed by atoms with Gasteiger partial charge in [-0.2, -0.15) is 5.10 Å². The molecule has 4 aromatic heterocycles. The predicted octanol–water partition coefficient (Wildman–Crippen LogP) is 6.50. The molecule has 6 aromatic rings. The smallest absolute Gasteiger partial charge is 0.224 e. The largest absolute Gasteiger partial charge is 0.337 e. The quantitative estimate of drug-likeness (QED) is 0.229. The molecule has 2 aromatic carbocycles. The third kappa shape index (κ3) is 4.39. The van der Waals surface area contributed by atoms with Crippen molar-refractivity contribution >= 4 is 33.7 Å². The Kier molecular flexibility index (Phi) is 6.09. The lowest BCUT2D eigenvalue weighted by Crippen LogP contribution is -2.11. The van der Waals surface area contributed by atoms with E-state index in [1.54, 1.807) is 36.8 Å². The minimum absolute atomic E-state index is 0.0314. The van der Waals surface area contributed by atoms with Crippen LogP contribution in [0.3, 0.4) is 0 Å². The summed E-state index contributed by atoms with van der Waals surface area (Å²) in [6.45, 7) is 2.05. The van der Waals surface area contributed by atoms with E-state index in [2.05, 4.69) is 37.4 Å². The number of aromatic amines is 2. The molecule has 188 valence electrons. The number of hydrogen-bond donors (Lipinski definition) is 3. The summed E-state index contributed by atoms with van der Waals surface area (Å²) in [7, 11) is 0. The lowest BCUT2D eigenvalue weighted by atomic mass is 10.0. The number of nitrogens with one attached hydrogen (secondary N) is 3. The maximum Gasteiger partial charge on any atom is 0.224 e. The van der Waals surface area contributed by atoms with Crippen LogP contribution in [0, 0.1) is 5.82 Å². The van der Waals surface area contributed by atoms with Gasteiger partial charge < -0.3 is 10.3 Å². The van der Waals surface area contributed by atoms with Crippen LogP contribution in [0.4, 0.5) is 10.1 Å². The molecule has 0 atom stereocenters. The van der Waals surface area contributed by atoms with Crippen molar-refractivity contribution in [3.05, 3.63) is 79.0 Å². The topological polar surface area (TPSA) is 112 Å². The SMILES string of the molecule is CCCCC(=O)Nc1cncc(-c2cnc3[nH]nc(-c4nc5c(-c6ccccc6F)cccc5[nH]4)c3c2)c1. The zero-order valence-electron chi connectivity index (χ0n) is 20.6. The Morgan fingerprint density at radius 1 is 1.00 bits per heavy atom. The van der Waals surface area contributed by atoms with Gasteiger partial charge in [-0.1, -0.05) is 43.7 Å². The third-order valence-corrected chi connectivity index (χ3v) is 6.43. The highest BCUT2D eigenvalue weighted by atomic mass is 19.1. The van der Waals surface area contributed by atoms with Gasteiger partial charge in [-0.15, -0.1) is 0 Å². The van der Waals surface area contributed by atoms with Gasteiger partial charge in [0.2, 0.25) is 5.91 Å². The molecule has 8 nitrogen and oxygen atoms in total. The molecule has 0 aliphatic rings. The molecule has 0 aliphatic heterocycles. The average Bonchev–Trinajstić information content (AvgIpc) is 3.56. The van der Waals surface area contributed by atoms with E-state index in [0.717, 1.165) is 34.9 Å². The molecule has 0 saturated carbocycles. The molecule has 3 N–H and O–H groups in total. The highest BCUT2D eigenvalue weighted by molar-refractivity contribution is 5.97. The molecule has 9 heteroatoms. The van der Waals surface area contributed by atoms with Crippen molar-refractivity contribution in [2.45, 2.75) is 26.2 Å². The maximum atomic E-state index is 14.6. The number of carbonyl (C=O) groups excluding carboxylic acids is 1. The van der Waals surface area contributed by atoms with Gasteiger partial charge in [0.15, 0.2) is 11.5 Å². The minimum atomic E-state index is -0.305.